The molecular weight excluding hydrogens is 304 g/mol. The standard InChI is InChI=1S/C19H30N2O3/c1-7-20-17(22)13-21(8-2)18(23)14(3)24-16-11-9-15(10-12-16)19(4,5)6/h9-12,14H,7-8,13H2,1-6H3,(H,20,22). The largest absolute Gasteiger partial charge is 0.481 e. The van der Waals surface area contributed by atoms with E-state index in [1.54, 1.807) is 6.92 Å². The summed E-state index contributed by atoms with van der Waals surface area (Å²) in [5.41, 5.74) is 1.28. The Bertz CT molecular complexity index is 547. The van der Waals surface area contributed by atoms with Gasteiger partial charge in [-0.05, 0) is 43.9 Å². The minimum atomic E-state index is -0.639. The lowest BCUT2D eigenvalue weighted by molar-refractivity contribution is -0.141. The van der Waals surface area contributed by atoms with E-state index in [0.29, 0.717) is 18.8 Å². The first-order valence-electron chi connectivity index (χ1n) is 8.51. The normalized spacial score (nSPS) is 12.4. The average molecular weight is 334 g/mol. The second-order valence-electron chi connectivity index (χ2n) is 6.84. The Hall–Kier alpha value is -2.04. The molecule has 0 spiro atoms. The second kappa shape index (κ2) is 8.71. The monoisotopic (exact) mass is 334 g/mol. The maximum atomic E-state index is 12.5. The highest BCUT2D eigenvalue weighted by atomic mass is 16.5. The molecule has 0 aliphatic heterocycles. The number of nitrogens with zero attached hydrogens (tertiary/aromatic N) is 1. The van der Waals surface area contributed by atoms with Crippen molar-refractivity contribution in [1.29, 1.82) is 0 Å². The van der Waals surface area contributed by atoms with Gasteiger partial charge in [0, 0.05) is 13.1 Å². The molecule has 2 amide bonds. The maximum absolute atomic E-state index is 12.5. The highest BCUT2D eigenvalue weighted by Crippen LogP contribution is 2.24. The number of carbonyl (C=O) groups is 2. The molecule has 0 saturated carbocycles. The third kappa shape index (κ3) is 5.87. The van der Waals surface area contributed by atoms with Gasteiger partial charge in [0.1, 0.15) is 5.75 Å². The zero-order valence-corrected chi connectivity index (χ0v) is 15.7. The predicted molar refractivity (Wildman–Crippen MR) is 96.2 cm³/mol. The zero-order valence-electron chi connectivity index (χ0n) is 15.7. The van der Waals surface area contributed by atoms with Crippen molar-refractivity contribution >= 4 is 11.8 Å². The molecule has 0 radical (unpaired) electrons. The summed E-state index contributed by atoms with van der Waals surface area (Å²) in [5.74, 6) is 0.302. The summed E-state index contributed by atoms with van der Waals surface area (Å²) in [6.45, 7) is 12.9. The highest BCUT2D eigenvalue weighted by molar-refractivity contribution is 5.87. The van der Waals surface area contributed by atoms with Crippen molar-refractivity contribution in [1.82, 2.24) is 10.2 Å². The first-order valence-corrected chi connectivity index (χ1v) is 8.51. The fraction of sp³-hybridized carbons (Fsp3) is 0.579. The SMILES string of the molecule is CCNC(=O)CN(CC)C(=O)C(C)Oc1ccc(C(C)(C)C)cc1. The molecule has 1 aromatic carbocycles. The van der Waals surface area contributed by atoms with Crippen molar-refractivity contribution in [3.63, 3.8) is 0 Å². The van der Waals surface area contributed by atoms with Crippen LogP contribution in [0.25, 0.3) is 0 Å². The van der Waals surface area contributed by atoms with Crippen molar-refractivity contribution in [2.75, 3.05) is 19.6 Å². The van der Waals surface area contributed by atoms with Gasteiger partial charge in [-0.1, -0.05) is 32.9 Å². The van der Waals surface area contributed by atoms with Crippen molar-refractivity contribution in [2.45, 2.75) is 53.1 Å². The number of carbonyl (C=O) groups excluding carboxylic acids is 2. The van der Waals surface area contributed by atoms with E-state index in [4.69, 9.17) is 4.74 Å². The lowest BCUT2D eigenvalue weighted by Gasteiger charge is -2.24. The van der Waals surface area contributed by atoms with E-state index in [1.807, 2.05) is 38.1 Å². The van der Waals surface area contributed by atoms with Gasteiger partial charge in [0.15, 0.2) is 6.10 Å². The third-order valence-electron chi connectivity index (χ3n) is 3.78. The number of hydrogen-bond donors (Lipinski definition) is 1. The Morgan fingerprint density at radius 1 is 1.17 bits per heavy atom. The molecule has 134 valence electrons. The summed E-state index contributed by atoms with van der Waals surface area (Å²) in [6, 6.07) is 7.78. The number of likely N-dealkylation sites (N-methyl/N-ethyl adjacent to an activating group) is 2. The Morgan fingerprint density at radius 3 is 2.21 bits per heavy atom. The topological polar surface area (TPSA) is 58.6 Å². The van der Waals surface area contributed by atoms with Gasteiger partial charge >= 0.3 is 0 Å². The lowest BCUT2D eigenvalue weighted by Crippen LogP contribution is -2.45. The summed E-state index contributed by atoms with van der Waals surface area (Å²) in [4.78, 5) is 25.6. The van der Waals surface area contributed by atoms with E-state index in [-0.39, 0.29) is 23.8 Å². The number of amides is 2. The molecule has 5 nitrogen and oxygen atoms in total. The molecule has 1 aromatic rings. The summed E-state index contributed by atoms with van der Waals surface area (Å²) in [6.07, 6.45) is -0.639. The third-order valence-corrected chi connectivity index (χ3v) is 3.78. The number of nitrogens with one attached hydrogen (secondary N) is 1. The second-order valence-corrected chi connectivity index (χ2v) is 6.84. The van der Waals surface area contributed by atoms with Gasteiger partial charge in [-0.3, -0.25) is 9.59 Å². The van der Waals surface area contributed by atoms with Gasteiger partial charge < -0.3 is 15.0 Å². The van der Waals surface area contributed by atoms with E-state index < -0.39 is 6.10 Å². The molecule has 0 bridgehead atoms. The zero-order chi connectivity index (χ0) is 18.3. The van der Waals surface area contributed by atoms with Gasteiger partial charge in [0.2, 0.25) is 5.91 Å². The molecular formula is C19H30N2O3. The van der Waals surface area contributed by atoms with Crippen LogP contribution in [0.4, 0.5) is 0 Å². The predicted octanol–water partition coefficient (Wildman–Crippen LogP) is 2.74. The Morgan fingerprint density at radius 2 is 1.75 bits per heavy atom. The van der Waals surface area contributed by atoms with Crippen LogP contribution >= 0.6 is 0 Å². The summed E-state index contributed by atoms with van der Waals surface area (Å²) < 4.78 is 5.75. The van der Waals surface area contributed by atoms with Crippen LogP contribution < -0.4 is 10.1 Å². The van der Waals surface area contributed by atoms with Crippen LogP contribution in [0.1, 0.15) is 47.1 Å². The number of ether oxygens (including phenoxy) is 1. The Balaban J connectivity index is 2.69. The average Bonchev–Trinajstić information content (AvgIpc) is 2.51. The van der Waals surface area contributed by atoms with Crippen LogP contribution in [-0.4, -0.2) is 42.5 Å². The van der Waals surface area contributed by atoms with Crippen molar-refractivity contribution in [3.8, 4) is 5.75 Å². The highest BCUT2D eigenvalue weighted by Gasteiger charge is 2.23. The molecule has 0 fully saturated rings. The molecule has 5 heteroatoms. The first-order chi connectivity index (χ1) is 11.2. The Kier molecular flexibility index (Phi) is 7.26. The van der Waals surface area contributed by atoms with Gasteiger partial charge in [0.25, 0.3) is 5.91 Å². The van der Waals surface area contributed by atoms with Crippen LogP contribution in [0.3, 0.4) is 0 Å². The van der Waals surface area contributed by atoms with E-state index in [1.165, 1.54) is 10.5 Å². The number of rotatable bonds is 7. The quantitative estimate of drug-likeness (QED) is 0.834. The van der Waals surface area contributed by atoms with E-state index in [9.17, 15) is 9.59 Å². The Labute approximate surface area is 145 Å². The van der Waals surface area contributed by atoms with Gasteiger partial charge in [0.05, 0.1) is 6.54 Å². The van der Waals surface area contributed by atoms with Crippen LogP contribution in [0.2, 0.25) is 0 Å². The van der Waals surface area contributed by atoms with Gasteiger partial charge in [-0.15, -0.1) is 0 Å². The first kappa shape index (κ1) is 20.0. The molecule has 1 atom stereocenters. The van der Waals surface area contributed by atoms with Crippen LogP contribution in [0.5, 0.6) is 5.75 Å². The molecule has 0 saturated heterocycles. The van der Waals surface area contributed by atoms with Crippen LogP contribution in [-0.2, 0) is 15.0 Å². The molecule has 1 unspecified atom stereocenters. The molecule has 0 aliphatic carbocycles. The fourth-order valence-corrected chi connectivity index (χ4v) is 2.32. The van der Waals surface area contributed by atoms with Crippen LogP contribution in [0.15, 0.2) is 24.3 Å². The van der Waals surface area contributed by atoms with E-state index in [2.05, 4.69) is 26.1 Å². The molecule has 0 aromatic heterocycles. The molecule has 1 N–H and O–H groups in total. The van der Waals surface area contributed by atoms with Crippen molar-refractivity contribution in [2.24, 2.45) is 0 Å². The van der Waals surface area contributed by atoms with Crippen molar-refractivity contribution in [3.05, 3.63) is 29.8 Å². The summed E-state index contributed by atoms with van der Waals surface area (Å²) in [5, 5.41) is 2.70. The van der Waals surface area contributed by atoms with Crippen molar-refractivity contribution < 1.29 is 14.3 Å². The van der Waals surface area contributed by atoms with E-state index >= 15 is 0 Å². The van der Waals surface area contributed by atoms with Crippen LogP contribution in [0, 0.1) is 0 Å². The molecule has 1 rings (SSSR count). The minimum absolute atomic E-state index is 0.0554. The van der Waals surface area contributed by atoms with E-state index in [0.717, 1.165) is 0 Å². The summed E-state index contributed by atoms with van der Waals surface area (Å²) in [7, 11) is 0. The smallest absolute Gasteiger partial charge is 0.263 e. The number of benzene rings is 1. The van der Waals surface area contributed by atoms with Gasteiger partial charge in [-0.25, -0.2) is 0 Å². The molecule has 0 heterocycles. The van der Waals surface area contributed by atoms with Gasteiger partial charge in [-0.2, -0.15) is 0 Å². The fourth-order valence-electron chi connectivity index (χ4n) is 2.32. The molecule has 0 aliphatic rings. The number of hydrogen-bond acceptors (Lipinski definition) is 3. The summed E-state index contributed by atoms with van der Waals surface area (Å²) >= 11 is 0. The lowest BCUT2D eigenvalue weighted by atomic mass is 9.87. The maximum Gasteiger partial charge on any atom is 0.263 e. The molecule has 24 heavy (non-hydrogen) atoms. The minimum Gasteiger partial charge on any atom is -0.481 e.